The minimum atomic E-state index is -0.416. The number of fused-ring (bicyclic) bond motifs is 5. The Hall–Kier alpha value is 0.360. The third-order valence-corrected chi connectivity index (χ3v) is 11.0. The van der Waals surface area contributed by atoms with Gasteiger partial charge >= 0.3 is 0 Å². The summed E-state index contributed by atoms with van der Waals surface area (Å²) >= 11 is 3.98. The van der Waals surface area contributed by atoms with Crippen molar-refractivity contribution in [3.8, 4) is 0 Å². The fourth-order valence-electron chi connectivity index (χ4n) is 7.66. The van der Waals surface area contributed by atoms with Gasteiger partial charge in [-0.2, -0.15) is 0 Å². The van der Waals surface area contributed by atoms with Crippen LogP contribution in [0.3, 0.4) is 0 Å². The number of aliphatic hydroxyl groups excluding tert-OH is 3. The Kier molecular flexibility index (Phi) is 4.02. The van der Waals surface area contributed by atoms with Crippen LogP contribution in [0.15, 0.2) is 0 Å². The lowest BCUT2D eigenvalue weighted by atomic mass is 9.42. The van der Waals surface area contributed by atoms with Crippen molar-refractivity contribution in [2.24, 2.45) is 34.5 Å². The Bertz CT molecular complexity index is 527. The highest BCUT2D eigenvalue weighted by Crippen LogP contribution is 2.70. The molecular weight excluding hydrogens is 368 g/mol. The molecule has 4 aliphatic carbocycles. The first kappa shape index (κ1) is 17.8. The average molecular weight is 401 g/mol. The molecule has 0 bridgehead atoms. The summed E-state index contributed by atoms with van der Waals surface area (Å²) in [6.07, 6.45) is 5.68. The predicted molar refractivity (Wildman–Crippen MR) is 97.8 cm³/mol. The summed E-state index contributed by atoms with van der Waals surface area (Å²) in [6.45, 7) is 6.92. The first-order valence-corrected chi connectivity index (χ1v) is 10.7. The number of alkyl halides is 1. The highest BCUT2D eigenvalue weighted by Gasteiger charge is 2.68. The van der Waals surface area contributed by atoms with Gasteiger partial charge in [0, 0.05) is 0 Å². The maximum absolute atomic E-state index is 11.2. The van der Waals surface area contributed by atoms with E-state index in [9.17, 15) is 15.3 Å². The largest absolute Gasteiger partial charge is 0.393 e. The van der Waals surface area contributed by atoms with Crippen LogP contribution < -0.4 is 0 Å². The molecule has 24 heavy (non-hydrogen) atoms. The van der Waals surface area contributed by atoms with E-state index < -0.39 is 6.10 Å². The van der Waals surface area contributed by atoms with Gasteiger partial charge in [-0.1, -0.05) is 36.7 Å². The van der Waals surface area contributed by atoms with Gasteiger partial charge in [-0.15, -0.1) is 0 Å². The molecule has 0 amide bonds. The van der Waals surface area contributed by atoms with E-state index in [1.54, 1.807) is 0 Å². The van der Waals surface area contributed by atoms with Crippen LogP contribution in [0.1, 0.15) is 65.7 Å². The van der Waals surface area contributed by atoms with Crippen LogP contribution in [-0.2, 0) is 0 Å². The molecule has 3 N–H and O–H groups in total. The van der Waals surface area contributed by atoms with Crippen molar-refractivity contribution in [1.29, 1.82) is 0 Å². The molecule has 3 nitrogen and oxygen atoms in total. The molecule has 4 fully saturated rings. The van der Waals surface area contributed by atoms with Crippen LogP contribution in [0.2, 0.25) is 0 Å². The monoisotopic (exact) mass is 400 g/mol. The molecule has 0 radical (unpaired) electrons. The number of aliphatic hydroxyl groups is 3. The summed E-state index contributed by atoms with van der Waals surface area (Å²) < 4.78 is -0.372. The maximum atomic E-state index is 11.2. The molecule has 0 heterocycles. The Morgan fingerprint density at radius 2 is 1.62 bits per heavy atom. The van der Waals surface area contributed by atoms with Gasteiger partial charge in [0.05, 0.1) is 22.6 Å². The molecule has 0 aliphatic heterocycles. The minimum absolute atomic E-state index is 0.00341. The molecule has 0 unspecified atom stereocenters. The number of hydrogen-bond donors (Lipinski definition) is 3. The van der Waals surface area contributed by atoms with Crippen LogP contribution in [0.25, 0.3) is 0 Å². The van der Waals surface area contributed by atoms with Crippen molar-refractivity contribution in [3.05, 3.63) is 0 Å². The van der Waals surface area contributed by atoms with Crippen molar-refractivity contribution in [1.82, 2.24) is 0 Å². The van der Waals surface area contributed by atoms with E-state index in [2.05, 4.69) is 36.7 Å². The van der Waals surface area contributed by atoms with Gasteiger partial charge in [-0.25, -0.2) is 0 Å². The summed E-state index contributed by atoms with van der Waals surface area (Å²) in [7, 11) is 0. The SMILES string of the molecule is C[C@@H]1C[C@H](O)C[C@]2(Br)[C@H](O)C[C@H]3[C@@H]4CC[C@H](O)[C@@]4(C)CC[C@@H]3[C@@]12C. The zero-order valence-corrected chi connectivity index (χ0v) is 16.8. The highest BCUT2D eigenvalue weighted by atomic mass is 79.9. The molecule has 4 heteroatoms. The molecule has 4 aliphatic rings. The first-order valence-electron chi connectivity index (χ1n) is 9.87. The van der Waals surface area contributed by atoms with Crippen molar-refractivity contribution in [2.45, 2.75) is 88.4 Å². The quantitative estimate of drug-likeness (QED) is 0.545. The van der Waals surface area contributed by atoms with Gasteiger partial charge in [-0.3, -0.25) is 0 Å². The second kappa shape index (κ2) is 5.43. The lowest BCUT2D eigenvalue weighted by molar-refractivity contribution is -0.176. The van der Waals surface area contributed by atoms with E-state index >= 15 is 0 Å². The van der Waals surface area contributed by atoms with Gasteiger partial charge in [0.15, 0.2) is 0 Å². The molecule has 10 atom stereocenters. The van der Waals surface area contributed by atoms with Crippen LogP contribution in [0.4, 0.5) is 0 Å². The Morgan fingerprint density at radius 1 is 0.917 bits per heavy atom. The number of halogens is 1. The normalized spacial score (nSPS) is 63.4. The van der Waals surface area contributed by atoms with Crippen molar-refractivity contribution in [3.63, 3.8) is 0 Å². The van der Waals surface area contributed by atoms with E-state index in [1.165, 1.54) is 0 Å². The molecule has 0 spiro atoms. The van der Waals surface area contributed by atoms with Gasteiger partial charge in [0.25, 0.3) is 0 Å². The van der Waals surface area contributed by atoms with E-state index in [0.29, 0.717) is 30.1 Å². The van der Waals surface area contributed by atoms with Crippen LogP contribution in [0.5, 0.6) is 0 Å². The molecule has 4 rings (SSSR count). The summed E-state index contributed by atoms with van der Waals surface area (Å²) in [5, 5.41) is 32.1. The second-order valence-corrected chi connectivity index (χ2v) is 11.3. The summed E-state index contributed by atoms with van der Waals surface area (Å²) in [5.41, 5.74) is 0.0460. The molecule has 0 aromatic carbocycles. The second-order valence-electron chi connectivity index (χ2n) is 9.91. The van der Waals surface area contributed by atoms with Crippen molar-refractivity contribution < 1.29 is 15.3 Å². The zero-order valence-electron chi connectivity index (χ0n) is 15.2. The molecule has 138 valence electrons. The van der Waals surface area contributed by atoms with E-state index in [-0.39, 0.29) is 27.4 Å². The van der Waals surface area contributed by atoms with Gasteiger partial charge in [0.1, 0.15) is 0 Å². The standard InChI is InChI=1S/C20H33BrO3/c1-11-8-12(22)10-20(21)17(24)9-13-14-4-5-16(23)18(14,2)7-6-15(13)19(11,20)3/h11-17,22-24H,4-10H2,1-3H3/t11-,12+,13+,14+,15+,16+,17-,18+,19-,20+/m1/s1. The molecular formula is C20H33BrO3. The summed E-state index contributed by atoms with van der Waals surface area (Å²) in [5.74, 6) is 2.00. The van der Waals surface area contributed by atoms with Crippen molar-refractivity contribution in [2.75, 3.05) is 0 Å². The zero-order chi connectivity index (χ0) is 17.5. The van der Waals surface area contributed by atoms with E-state index in [0.717, 1.165) is 38.5 Å². The lowest BCUT2D eigenvalue weighted by Crippen LogP contribution is -2.68. The molecule has 0 aromatic heterocycles. The third-order valence-electron chi connectivity index (χ3n) is 9.26. The molecule has 0 aromatic rings. The minimum Gasteiger partial charge on any atom is -0.393 e. The van der Waals surface area contributed by atoms with Crippen molar-refractivity contribution >= 4 is 15.9 Å². The fraction of sp³-hybridized carbons (Fsp3) is 1.00. The predicted octanol–water partition coefficient (Wildman–Crippen LogP) is 3.49. The molecule has 4 saturated carbocycles. The summed E-state index contributed by atoms with van der Waals surface area (Å²) in [6, 6.07) is 0. The van der Waals surface area contributed by atoms with Gasteiger partial charge < -0.3 is 15.3 Å². The fourth-order valence-corrected chi connectivity index (χ4v) is 8.90. The topological polar surface area (TPSA) is 60.7 Å². The number of hydrogen-bond acceptors (Lipinski definition) is 3. The smallest absolute Gasteiger partial charge is 0.0702 e. The van der Waals surface area contributed by atoms with Crippen LogP contribution >= 0.6 is 15.9 Å². The van der Waals surface area contributed by atoms with E-state index in [4.69, 9.17) is 0 Å². The third kappa shape index (κ3) is 2.00. The lowest BCUT2D eigenvalue weighted by Gasteiger charge is -2.67. The van der Waals surface area contributed by atoms with E-state index in [1.807, 2.05) is 0 Å². The Labute approximate surface area is 154 Å². The first-order chi connectivity index (χ1) is 11.1. The highest BCUT2D eigenvalue weighted by molar-refractivity contribution is 9.10. The average Bonchev–Trinajstić information content (AvgIpc) is 2.80. The number of rotatable bonds is 0. The Balaban J connectivity index is 1.75. The summed E-state index contributed by atoms with van der Waals surface area (Å²) in [4.78, 5) is 0. The van der Waals surface area contributed by atoms with Gasteiger partial charge in [0.2, 0.25) is 0 Å². The van der Waals surface area contributed by atoms with Crippen LogP contribution in [-0.4, -0.2) is 38.0 Å². The molecule has 0 saturated heterocycles. The van der Waals surface area contributed by atoms with Gasteiger partial charge in [-0.05, 0) is 79.4 Å². The maximum Gasteiger partial charge on any atom is 0.0702 e. The van der Waals surface area contributed by atoms with Crippen LogP contribution in [0, 0.1) is 34.5 Å². The Morgan fingerprint density at radius 3 is 2.33 bits per heavy atom.